The van der Waals surface area contributed by atoms with Crippen molar-refractivity contribution in [1.29, 1.82) is 0 Å². The van der Waals surface area contributed by atoms with Crippen LogP contribution in [0.5, 0.6) is 0 Å². The van der Waals surface area contributed by atoms with Crippen LogP contribution in [0.3, 0.4) is 0 Å². The highest BCUT2D eigenvalue weighted by Crippen LogP contribution is 2.15. The number of carbonyl (C=O) groups is 2. The van der Waals surface area contributed by atoms with Crippen molar-refractivity contribution in [3.05, 3.63) is 59.3 Å². The first-order chi connectivity index (χ1) is 11.1. The second-order valence-electron chi connectivity index (χ2n) is 5.49. The van der Waals surface area contributed by atoms with E-state index in [0.717, 1.165) is 0 Å². The Balaban J connectivity index is 1.63. The zero-order valence-corrected chi connectivity index (χ0v) is 12.8. The predicted octanol–water partition coefficient (Wildman–Crippen LogP) is 2.33. The first-order valence-electron chi connectivity index (χ1n) is 7.44. The molecule has 1 aliphatic heterocycles. The zero-order valence-electron chi connectivity index (χ0n) is 12.8. The molecule has 1 aromatic carbocycles. The molecule has 0 aliphatic carbocycles. The molecule has 0 spiro atoms. The van der Waals surface area contributed by atoms with Gasteiger partial charge in [-0.1, -0.05) is 6.07 Å². The van der Waals surface area contributed by atoms with Gasteiger partial charge in [0.15, 0.2) is 0 Å². The molecule has 3 rings (SSSR count). The molecule has 0 bridgehead atoms. The van der Waals surface area contributed by atoms with Gasteiger partial charge in [0.1, 0.15) is 11.6 Å². The Bertz CT molecular complexity index is 733. The molecule has 2 heterocycles. The lowest BCUT2D eigenvalue weighted by molar-refractivity contribution is 0.0534. The molecule has 0 radical (unpaired) electrons. The number of piperazine rings is 1. The molecule has 0 atom stereocenters. The van der Waals surface area contributed by atoms with Crippen molar-refractivity contribution >= 4 is 11.8 Å². The predicted molar refractivity (Wildman–Crippen MR) is 81.7 cm³/mol. The number of aryl methyl sites for hydroxylation is 1. The van der Waals surface area contributed by atoms with Gasteiger partial charge in [0, 0.05) is 31.7 Å². The Morgan fingerprint density at radius 3 is 2.26 bits per heavy atom. The van der Waals surface area contributed by atoms with Crippen LogP contribution in [0.15, 0.2) is 41.0 Å². The van der Waals surface area contributed by atoms with E-state index in [1.54, 1.807) is 28.9 Å². The Labute approximate surface area is 133 Å². The lowest BCUT2D eigenvalue weighted by Gasteiger charge is -2.34. The summed E-state index contributed by atoms with van der Waals surface area (Å²) < 4.78 is 18.4. The molecule has 1 saturated heterocycles. The summed E-state index contributed by atoms with van der Waals surface area (Å²) in [5, 5.41) is 0. The number of halogens is 1. The quantitative estimate of drug-likeness (QED) is 0.854. The van der Waals surface area contributed by atoms with Gasteiger partial charge in [0.05, 0.1) is 11.8 Å². The highest BCUT2D eigenvalue weighted by Gasteiger charge is 2.26. The lowest BCUT2D eigenvalue weighted by atomic mass is 10.1. The summed E-state index contributed by atoms with van der Waals surface area (Å²) in [5.74, 6) is -0.140. The fourth-order valence-corrected chi connectivity index (χ4v) is 2.69. The molecule has 2 amide bonds. The molecule has 1 fully saturated rings. The van der Waals surface area contributed by atoms with Gasteiger partial charge < -0.3 is 14.2 Å². The van der Waals surface area contributed by atoms with Crippen molar-refractivity contribution in [2.45, 2.75) is 6.92 Å². The van der Waals surface area contributed by atoms with Gasteiger partial charge in [-0.25, -0.2) is 4.39 Å². The van der Waals surface area contributed by atoms with Crippen molar-refractivity contribution in [2.75, 3.05) is 26.2 Å². The fraction of sp³-hybridized carbons (Fsp3) is 0.294. The van der Waals surface area contributed by atoms with E-state index >= 15 is 0 Å². The molecule has 1 aromatic heterocycles. The van der Waals surface area contributed by atoms with E-state index in [2.05, 4.69) is 0 Å². The van der Waals surface area contributed by atoms with E-state index in [4.69, 9.17) is 4.42 Å². The highest BCUT2D eigenvalue weighted by atomic mass is 19.1. The molecule has 5 nitrogen and oxygen atoms in total. The summed E-state index contributed by atoms with van der Waals surface area (Å²) in [7, 11) is 0. The fourth-order valence-electron chi connectivity index (χ4n) is 2.69. The van der Waals surface area contributed by atoms with Crippen LogP contribution in [0.25, 0.3) is 0 Å². The normalized spacial score (nSPS) is 14.9. The third-order valence-electron chi connectivity index (χ3n) is 4.01. The summed E-state index contributed by atoms with van der Waals surface area (Å²) in [6.07, 6.45) is 1.49. The van der Waals surface area contributed by atoms with Crippen molar-refractivity contribution in [1.82, 2.24) is 9.80 Å². The van der Waals surface area contributed by atoms with E-state index in [0.29, 0.717) is 43.1 Å². The molecule has 0 unspecified atom stereocenters. The highest BCUT2D eigenvalue weighted by molar-refractivity contribution is 5.96. The molecule has 0 saturated carbocycles. The Morgan fingerprint density at radius 2 is 1.70 bits per heavy atom. The van der Waals surface area contributed by atoms with Crippen LogP contribution < -0.4 is 0 Å². The summed E-state index contributed by atoms with van der Waals surface area (Å²) in [6, 6.07) is 7.30. The maximum Gasteiger partial charge on any atom is 0.257 e. The molecule has 6 heteroatoms. The van der Waals surface area contributed by atoms with Crippen LogP contribution in [-0.4, -0.2) is 47.8 Å². The second kappa shape index (κ2) is 6.24. The molecule has 23 heavy (non-hydrogen) atoms. The van der Waals surface area contributed by atoms with Crippen LogP contribution in [-0.2, 0) is 0 Å². The first-order valence-corrected chi connectivity index (χ1v) is 7.44. The maximum absolute atomic E-state index is 13.2. The standard InChI is InChI=1S/C17H17FN2O3/c1-12-15(5-10-23-12)17(22)20-8-6-19(7-9-20)16(21)13-3-2-4-14(18)11-13/h2-5,10-11H,6-9H2,1H3. The second-order valence-corrected chi connectivity index (χ2v) is 5.49. The van der Waals surface area contributed by atoms with Gasteiger partial charge in [-0.15, -0.1) is 0 Å². The molecule has 0 N–H and O–H groups in total. The summed E-state index contributed by atoms with van der Waals surface area (Å²) in [6.45, 7) is 3.50. The van der Waals surface area contributed by atoms with Crippen molar-refractivity contribution in [3.8, 4) is 0 Å². The topological polar surface area (TPSA) is 53.8 Å². The summed E-state index contributed by atoms with van der Waals surface area (Å²) in [5.41, 5.74) is 0.880. The van der Waals surface area contributed by atoms with Crippen LogP contribution in [0.1, 0.15) is 26.5 Å². The van der Waals surface area contributed by atoms with Crippen molar-refractivity contribution in [3.63, 3.8) is 0 Å². The smallest absolute Gasteiger partial charge is 0.257 e. The maximum atomic E-state index is 13.2. The van der Waals surface area contributed by atoms with Crippen LogP contribution in [0.4, 0.5) is 4.39 Å². The third kappa shape index (κ3) is 3.11. The van der Waals surface area contributed by atoms with E-state index in [1.165, 1.54) is 24.5 Å². The van der Waals surface area contributed by atoms with Gasteiger partial charge in [-0.2, -0.15) is 0 Å². The minimum atomic E-state index is -0.430. The van der Waals surface area contributed by atoms with Gasteiger partial charge in [0.2, 0.25) is 0 Å². The third-order valence-corrected chi connectivity index (χ3v) is 4.01. The molecule has 120 valence electrons. The summed E-state index contributed by atoms with van der Waals surface area (Å²) in [4.78, 5) is 28.1. The molecule has 1 aliphatic rings. The van der Waals surface area contributed by atoms with Crippen LogP contribution >= 0.6 is 0 Å². The first kappa shape index (κ1) is 15.3. The van der Waals surface area contributed by atoms with Crippen molar-refractivity contribution < 1.29 is 18.4 Å². The summed E-state index contributed by atoms with van der Waals surface area (Å²) >= 11 is 0. The SMILES string of the molecule is Cc1occc1C(=O)N1CCN(C(=O)c2cccc(F)c2)CC1. The van der Waals surface area contributed by atoms with E-state index in [9.17, 15) is 14.0 Å². The largest absolute Gasteiger partial charge is 0.469 e. The van der Waals surface area contributed by atoms with Gasteiger partial charge in [-0.3, -0.25) is 9.59 Å². The Kier molecular flexibility index (Phi) is 4.14. The van der Waals surface area contributed by atoms with Crippen LogP contribution in [0.2, 0.25) is 0 Å². The Morgan fingerprint density at radius 1 is 1.04 bits per heavy atom. The van der Waals surface area contributed by atoms with Gasteiger partial charge >= 0.3 is 0 Å². The number of benzene rings is 1. The number of nitrogens with zero attached hydrogens (tertiary/aromatic N) is 2. The average molecular weight is 316 g/mol. The number of amides is 2. The van der Waals surface area contributed by atoms with Gasteiger partial charge in [-0.05, 0) is 31.2 Å². The van der Waals surface area contributed by atoms with E-state index < -0.39 is 5.82 Å². The number of rotatable bonds is 2. The minimum Gasteiger partial charge on any atom is -0.469 e. The van der Waals surface area contributed by atoms with Gasteiger partial charge in [0.25, 0.3) is 11.8 Å². The lowest BCUT2D eigenvalue weighted by Crippen LogP contribution is -2.50. The van der Waals surface area contributed by atoms with Crippen LogP contribution in [0, 0.1) is 12.7 Å². The number of hydrogen-bond acceptors (Lipinski definition) is 3. The average Bonchev–Trinajstić information content (AvgIpc) is 3.00. The van der Waals surface area contributed by atoms with Crippen molar-refractivity contribution in [2.24, 2.45) is 0 Å². The molecular weight excluding hydrogens is 299 g/mol. The van der Waals surface area contributed by atoms with E-state index in [1.807, 2.05) is 0 Å². The number of carbonyl (C=O) groups excluding carboxylic acids is 2. The monoisotopic (exact) mass is 316 g/mol. The number of hydrogen-bond donors (Lipinski definition) is 0. The minimum absolute atomic E-state index is 0.0888. The zero-order chi connectivity index (χ0) is 16.4. The molecular formula is C17H17FN2O3. The molecule has 2 aromatic rings. The number of furan rings is 1. The Hall–Kier alpha value is -2.63. The van der Waals surface area contributed by atoms with E-state index in [-0.39, 0.29) is 11.8 Å².